The lowest BCUT2D eigenvalue weighted by Crippen LogP contribution is -2.29. The van der Waals surface area contributed by atoms with E-state index in [0.717, 1.165) is 4.47 Å². The van der Waals surface area contributed by atoms with Crippen LogP contribution in [0.15, 0.2) is 40.5 Å². The summed E-state index contributed by atoms with van der Waals surface area (Å²) < 4.78 is 0.868. The molecule has 2 N–H and O–H groups in total. The number of hydrogen-bond donors (Lipinski definition) is 2. The lowest BCUT2D eigenvalue weighted by atomic mass is 10.3. The number of amides is 2. The largest absolute Gasteiger partial charge is 0.360 e. The summed E-state index contributed by atoms with van der Waals surface area (Å²) in [6, 6.07) is 8.93. The molecule has 1 rings (SSSR count). The van der Waals surface area contributed by atoms with Crippen LogP contribution in [0.25, 0.3) is 0 Å². The number of nitriles is 1. The molecule has 0 fully saturated rings. The average molecular weight is 308 g/mol. The van der Waals surface area contributed by atoms with E-state index < -0.39 is 11.8 Å². The molecule has 0 heterocycles. The fraction of sp³-hybridized carbons (Fsp3) is 0.0833. The number of carbonyl (C=O) groups is 2. The lowest BCUT2D eigenvalue weighted by molar-refractivity contribution is -0.126. The van der Waals surface area contributed by atoms with E-state index in [0.29, 0.717) is 5.69 Å². The Balaban J connectivity index is 2.78. The first kappa shape index (κ1) is 13.9. The van der Waals surface area contributed by atoms with Gasteiger partial charge in [-0.25, -0.2) is 0 Å². The lowest BCUT2D eigenvalue weighted by Gasteiger charge is -2.03. The Hall–Kier alpha value is -2.13. The van der Waals surface area contributed by atoms with E-state index in [1.54, 1.807) is 18.2 Å². The van der Waals surface area contributed by atoms with E-state index in [-0.39, 0.29) is 5.57 Å². The summed E-state index contributed by atoms with van der Waals surface area (Å²) in [5, 5.41) is 13.6. The molecule has 6 heteroatoms. The molecule has 1 aromatic rings. The molecule has 0 unspecified atom stereocenters. The summed E-state index contributed by atoms with van der Waals surface area (Å²) >= 11 is 3.30. The van der Waals surface area contributed by atoms with E-state index in [2.05, 4.69) is 21.2 Å². The van der Waals surface area contributed by atoms with Crippen molar-refractivity contribution in [3.63, 3.8) is 0 Å². The van der Waals surface area contributed by atoms with Gasteiger partial charge >= 0.3 is 0 Å². The minimum Gasteiger partial charge on any atom is -0.360 e. The first-order valence-corrected chi connectivity index (χ1v) is 5.76. The topological polar surface area (TPSA) is 82.0 Å². The highest BCUT2D eigenvalue weighted by Gasteiger charge is 2.09. The smallest absolute Gasteiger partial charge is 0.269 e. The summed E-state index contributed by atoms with van der Waals surface area (Å²) in [6.45, 7) is 1.20. The summed E-state index contributed by atoms with van der Waals surface area (Å²) in [4.78, 5) is 22.1. The zero-order chi connectivity index (χ0) is 13.5. The third kappa shape index (κ3) is 4.39. The van der Waals surface area contributed by atoms with Crippen LogP contribution in [0.3, 0.4) is 0 Å². The zero-order valence-electron chi connectivity index (χ0n) is 9.53. The number of hydrogen-bond acceptors (Lipinski definition) is 4. The van der Waals surface area contributed by atoms with Crippen molar-refractivity contribution in [2.24, 2.45) is 0 Å². The first-order chi connectivity index (χ1) is 8.52. The van der Waals surface area contributed by atoms with Gasteiger partial charge in [0.15, 0.2) is 0 Å². The van der Waals surface area contributed by atoms with Gasteiger partial charge in [-0.2, -0.15) is 5.26 Å². The maximum Gasteiger partial charge on any atom is 0.269 e. The van der Waals surface area contributed by atoms with Crippen molar-refractivity contribution in [1.29, 1.82) is 5.26 Å². The molecule has 1 aromatic carbocycles. The number of imide groups is 1. The van der Waals surface area contributed by atoms with Crippen LogP contribution < -0.4 is 10.6 Å². The Morgan fingerprint density at radius 3 is 2.72 bits per heavy atom. The highest BCUT2D eigenvalue weighted by Crippen LogP contribution is 2.15. The van der Waals surface area contributed by atoms with E-state index in [4.69, 9.17) is 5.26 Å². The predicted octanol–water partition coefficient (Wildman–Crippen LogP) is 1.93. The Labute approximate surface area is 113 Å². The number of nitrogens with zero attached hydrogens (tertiary/aromatic N) is 1. The third-order valence-electron chi connectivity index (χ3n) is 1.86. The van der Waals surface area contributed by atoms with Gasteiger partial charge in [-0.3, -0.25) is 14.9 Å². The number of halogens is 1. The molecule has 0 spiro atoms. The van der Waals surface area contributed by atoms with Crippen molar-refractivity contribution in [2.45, 2.75) is 6.92 Å². The summed E-state index contributed by atoms with van der Waals surface area (Å²) in [5.74, 6) is -1.24. The monoisotopic (exact) mass is 307 g/mol. The van der Waals surface area contributed by atoms with Crippen LogP contribution in [-0.4, -0.2) is 11.8 Å². The Kier molecular flexibility index (Phi) is 5.08. The van der Waals surface area contributed by atoms with Crippen LogP contribution >= 0.6 is 15.9 Å². The number of benzene rings is 1. The van der Waals surface area contributed by atoms with Crippen LogP contribution in [0.5, 0.6) is 0 Å². The fourth-order valence-electron chi connectivity index (χ4n) is 1.11. The maximum absolute atomic E-state index is 11.4. The quantitative estimate of drug-likeness (QED) is 0.660. The van der Waals surface area contributed by atoms with Gasteiger partial charge in [0, 0.05) is 23.3 Å². The van der Waals surface area contributed by atoms with E-state index >= 15 is 0 Å². The molecule has 18 heavy (non-hydrogen) atoms. The minimum absolute atomic E-state index is 0.176. The minimum atomic E-state index is -0.729. The molecule has 0 aliphatic rings. The Morgan fingerprint density at radius 2 is 2.17 bits per heavy atom. The number of nitrogens with one attached hydrogen (secondary N) is 2. The molecule has 0 aliphatic carbocycles. The zero-order valence-corrected chi connectivity index (χ0v) is 11.1. The van der Waals surface area contributed by atoms with Crippen molar-refractivity contribution in [1.82, 2.24) is 5.32 Å². The van der Waals surface area contributed by atoms with Gasteiger partial charge in [0.25, 0.3) is 5.91 Å². The van der Waals surface area contributed by atoms with Gasteiger partial charge in [-0.05, 0) is 18.2 Å². The molecule has 2 amide bonds. The highest BCUT2D eigenvalue weighted by atomic mass is 79.9. The highest BCUT2D eigenvalue weighted by molar-refractivity contribution is 9.10. The second-order valence-corrected chi connectivity index (χ2v) is 4.25. The van der Waals surface area contributed by atoms with E-state index in [1.807, 2.05) is 17.4 Å². The van der Waals surface area contributed by atoms with E-state index in [1.165, 1.54) is 13.1 Å². The standard InChI is InChI=1S/C12H10BrN3O2/c1-8(17)16-12(18)9(6-14)7-15-11-4-2-3-10(13)5-11/h2-5,7,15H,1H3,(H,16,17,18). The molecule has 0 aromatic heterocycles. The molecular formula is C12H10BrN3O2. The van der Waals surface area contributed by atoms with Crippen LogP contribution in [-0.2, 0) is 9.59 Å². The van der Waals surface area contributed by atoms with Crippen molar-refractivity contribution in [3.05, 3.63) is 40.5 Å². The molecule has 0 saturated heterocycles. The summed E-state index contributed by atoms with van der Waals surface area (Å²) in [7, 11) is 0. The number of carbonyl (C=O) groups excluding carboxylic acids is 2. The first-order valence-electron chi connectivity index (χ1n) is 4.97. The molecule has 0 radical (unpaired) electrons. The van der Waals surface area contributed by atoms with Crippen LogP contribution in [0.1, 0.15) is 6.92 Å². The second kappa shape index (κ2) is 6.57. The number of anilines is 1. The average Bonchev–Trinajstić information content (AvgIpc) is 2.29. The van der Waals surface area contributed by atoms with Crippen molar-refractivity contribution in [2.75, 3.05) is 5.32 Å². The summed E-state index contributed by atoms with van der Waals surface area (Å²) in [5.41, 5.74) is 0.540. The summed E-state index contributed by atoms with van der Waals surface area (Å²) in [6.07, 6.45) is 1.25. The predicted molar refractivity (Wildman–Crippen MR) is 70.3 cm³/mol. The van der Waals surface area contributed by atoms with Crippen LogP contribution in [0.2, 0.25) is 0 Å². The van der Waals surface area contributed by atoms with Gasteiger partial charge in [0.05, 0.1) is 0 Å². The molecule has 0 bridgehead atoms. The fourth-order valence-corrected chi connectivity index (χ4v) is 1.51. The van der Waals surface area contributed by atoms with E-state index in [9.17, 15) is 9.59 Å². The maximum atomic E-state index is 11.4. The van der Waals surface area contributed by atoms with Gasteiger partial charge in [-0.15, -0.1) is 0 Å². The van der Waals surface area contributed by atoms with Crippen molar-refractivity contribution < 1.29 is 9.59 Å². The van der Waals surface area contributed by atoms with Crippen molar-refractivity contribution in [3.8, 4) is 6.07 Å². The van der Waals surface area contributed by atoms with Crippen molar-refractivity contribution >= 4 is 33.4 Å². The van der Waals surface area contributed by atoms with Gasteiger partial charge in [0.2, 0.25) is 5.91 Å². The normalized spacial score (nSPS) is 10.4. The van der Waals surface area contributed by atoms with Gasteiger partial charge < -0.3 is 5.32 Å². The molecule has 92 valence electrons. The molecule has 0 atom stereocenters. The number of rotatable bonds is 3. The molecular weight excluding hydrogens is 298 g/mol. The Bertz CT molecular complexity index is 546. The molecule has 0 saturated carbocycles. The molecule has 5 nitrogen and oxygen atoms in total. The third-order valence-corrected chi connectivity index (χ3v) is 2.36. The second-order valence-electron chi connectivity index (χ2n) is 3.33. The van der Waals surface area contributed by atoms with Gasteiger partial charge in [0.1, 0.15) is 11.6 Å². The van der Waals surface area contributed by atoms with Crippen LogP contribution in [0.4, 0.5) is 5.69 Å². The molecule has 0 aliphatic heterocycles. The van der Waals surface area contributed by atoms with Gasteiger partial charge in [-0.1, -0.05) is 22.0 Å². The van der Waals surface area contributed by atoms with Crippen LogP contribution in [0, 0.1) is 11.3 Å². The Morgan fingerprint density at radius 1 is 1.44 bits per heavy atom. The SMILES string of the molecule is CC(=O)NC(=O)C(C#N)=CNc1cccc(Br)c1.